The summed E-state index contributed by atoms with van der Waals surface area (Å²) < 4.78 is 31.8. The SMILES string of the molecule is CN=C(NCc1coc(-c2ccccc2)n1)NCc1ccccc1S(=O)(=O)N(C)C.I. The third-order valence-electron chi connectivity index (χ3n) is 4.41. The molecule has 3 rings (SSSR count). The Kier molecular flexibility index (Phi) is 9.01. The molecule has 0 amide bonds. The minimum Gasteiger partial charge on any atom is -0.444 e. The van der Waals surface area contributed by atoms with E-state index in [2.05, 4.69) is 20.6 Å². The van der Waals surface area contributed by atoms with E-state index in [4.69, 9.17) is 4.42 Å². The number of benzene rings is 2. The molecule has 0 fully saturated rings. The van der Waals surface area contributed by atoms with Crippen LogP contribution in [-0.2, 0) is 23.1 Å². The van der Waals surface area contributed by atoms with Crippen LogP contribution in [0, 0.1) is 0 Å². The molecule has 0 unspecified atom stereocenters. The first-order chi connectivity index (χ1) is 14.4. The highest BCUT2D eigenvalue weighted by atomic mass is 127. The van der Waals surface area contributed by atoms with Crippen molar-refractivity contribution in [2.24, 2.45) is 4.99 Å². The van der Waals surface area contributed by atoms with Crippen LogP contribution < -0.4 is 10.6 Å². The van der Waals surface area contributed by atoms with E-state index in [1.807, 2.05) is 36.4 Å². The van der Waals surface area contributed by atoms with Crippen LogP contribution in [0.25, 0.3) is 11.5 Å². The molecular formula is C21H26IN5O3S. The van der Waals surface area contributed by atoms with Crippen molar-refractivity contribution in [1.29, 1.82) is 0 Å². The summed E-state index contributed by atoms with van der Waals surface area (Å²) in [6.45, 7) is 0.713. The van der Waals surface area contributed by atoms with Crippen molar-refractivity contribution in [2.45, 2.75) is 18.0 Å². The molecule has 2 aromatic carbocycles. The number of oxazole rings is 1. The van der Waals surface area contributed by atoms with Crippen molar-refractivity contribution < 1.29 is 12.8 Å². The maximum absolute atomic E-state index is 12.5. The number of sulfonamides is 1. The molecule has 0 radical (unpaired) electrons. The summed E-state index contributed by atoms with van der Waals surface area (Å²) in [5.74, 6) is 1.08. The topological polar surface area (TPSA) is 99.8 Å². The number of nitrogens with zero attached hydrogens (tertiary/aromatic N) is 3. The summed E-state index contributed by atoms with van der Waals surface area (Å²) in [4.78, 5) is 8.93. The van der Waals surface area contributed by atoms with Crippen LogP contribution in [0.15, 0.2) is 75.2 Å². The predicted octanol–water partition coefficient (Wildman–Crippen LogP) is 3.08. The van der Waals surface area contributed by atoms with Gasteiger partial charge in [-0.1, -0.05) is 36.4 Å². The molecular weight excluding hydrogens is 529 g/mol. The minimum absolute atomic E-state index is 0. The molecule has 0 atom stereocenters. The van der Waals surface area contributed by atoms with Crippen LogP contribution in [0.4, 0.5) is 0 Å². The number of hydrogen-bond acceptors (Lipinski definition) is 5. The molecule has 1 aromatic heterocycles. The smallest absolute Gasteiger partial charge is 0.242 e. The molecule has 0 spiro atoms. The quantitative estimate of drug-likeness (QED) is 0.264. The summed E-state index contributed by atoms with van der Waals surface area (Å²) in [6.07, 6.45) is 1.60. The number of rotatable bonds is 7. The van der Waals surface area contributed by atoms with Crippen molar-refractivity contribution in [3.8, 4) is 11.5 Å². The van der Waals surface area contributed by atoms with Crippen LogP contribution in [0.1, 0.15) is 11.3 Å². The van der Waals surface area contributed by atoms with Crippen LogP contribution >= 0.6 is 24.0 Å². The van der Waals surface area contributed by atoms with Crippen molar-refractivity contribution in [1.82, 2.24) is 19.9 Å². The van der Waals surface area contributed by atoms with E-state index >= 15 is 0 Å². The second-order valence-electron chi connectivity index (χ2n) is 6.68. The molecule has 0 aliphatic rings. The highest BCUT2D eigenvalue weighted by Gasteiger charge is 2.20. The Morgan fingerprint density at radius 3 is 2.35 bits per heavy atom. The van der Waals surface area contributed by atoms with E-state index in [9.17, 15) is 8.42 Å². The van der Waals surface area contributed by atoms with E-state index in [1.54, 1.807) is 31.5 Å². The molecule has 0 saturated heterocycles. The largest absolute Gasteiger partial charge is 0.444 e. The third kappa shape index (κ3) is 6.28. The molecule has 0 aliphatic carbocycles. The Morgan fingerprint density at radius 1 is 1.03 bits per heavy atom. The maximum Gasteiger partial charge on any atom is 0.242 e. The molecule has 31 heavy (non-hydrogen) atoms. The van der Waals surface area contributed by atoms with Crippen molar-refractivity contribution in [3.63, 3.8) is 0 Å². The van der Waals surface area contributed by atoms with Crippen molar-refractivity contribution in [3.05, 3.63) is 72.1 Å². The first-order valence-corrected chi connectivity index (χ1v) is 10.8. The number of aliphatic imine (C=N–C) groups is 1. The van der Waals surface area contributed by atoms with Gasteiger partial charge in [0.25, 0.3) is 0 Å². The monoisotopic (exact) mass is 555 g/mol. The molecule has 2 N–H and O–H groups in total. The van der Waals surface area contributed by atoms with Gasteiger partial charge in [-0.25, -0.2) is 17.7 Å². The zero-order valence-corrected chi connectivity index (χ0v) is 20.7. The van der Waals surface area contributed by atoms with Gasteiger partial charge in [-0.2, -0.15) is 0 Å². The Bertz CT molecular complexity index is 1110. The van der Waals surface area contributed by atoms with E-state index in [0.717, 1.165) is 11.3 Å². The van der Waals surface area contributed by atoms with Crippen LogP contribution in [0.3, 0.4) is 0 Å². The van der Waals surface area contributed by atoms with Gasteiger partial charge >= 0.3 is 0 Å². The Labute approximate surface area is 199 Å². The maximum atomic E-state index is 12.5. The first-order valence-electron chi connectivity index (χ1n) is 9.36. The number of nitrogens with one attached hydrogen (secondary N) is 2. The van der Waals surface area contributed by atoms with Gasteiger partial charge in [-0.3, -0.25) is 4.99 Å². The molecule has 10 heteroatoms. The number of halogens is 1. The second-order valence-corrected chi connectivity index (χ2v) is 8.80. The van der Waals surface area contributed by atoms with Gasteiger partial charge in [-0.05, 0) is 23.8 Å². The molecule has 0 saturated carbocycles. The van der Waals surface area contributed by atoms with Crippen LogP contribution in [0.2, 0.25) is 0 Å². The first kappa shape index (κ1) is 24.8. The zero-order chi connectivity index (χ0) is 21.6. The molecule has 3 aromatic rings. The molecule has 8 nitrogen and oxygen atoms in total. The fourth-order valence-electron chi connectivity index (χ4n) is 2.77. The minimum atomic E-state index is -3.53. The van der Waals surface area contributed by atoms with Gasteiger partial charge in [0.05, 0.1) is 17.1 Å². The molecule has 0 aliphatic heterocycles. The summed E-state index contributed by atoms with van der Waals surface area (Å²) in [7, 11) is 1.15. The Morgan fingerprint density at radius 2 is 1.68 bits per heavy atom. The summed E-state index contributed by atoms with van der Waals surface area (Å²) >= 11 is 0. The summed E-state index contributed by atoms with van der Waals surface area (Å²) in [5.41, 5.74) is 2.29. The number of aromatic nitrogens is 1. The third-order valence-corrected chi connectivity index (χ3v) is 6.33. The fraction of sp³-hybridized carbons (Fsp3) is 0.238. The average Bonchev–Trinajstić information content (AvgIpc) is 3.23. The van der Waals surface area contributed by atoms with Crippen LogP contribution in [-0.4, -0.2) is 44.8 Å². The molecule has 166 valence electrons. The molecule has 1 heterocycles. The Balaban J connectivity index is 0.00000341. The van der Waals surface area contributed by atoms with Gasteiger partial charge in [0.15, 0.2) is 5.96 Å². The zero-order valence-electron chi connectivity index (χ0n) is 17.6. The normalized spacial score (nSPS) is 11.8. The van der Waals surface area contributed by atoms with Crippen LogP contribution in [0.5, 0.6) is 0 Å². The van der Waals surface area contributed by atoms with Gasteiger partial charge in [0.2, 0.25) is 15.9 Å². The van der Waals surface area contributed by atoms with Gasteiger partial charge in [0.1, 0.15) is 6.26 Å². The van der Waals surface area contributed by atoms with E-state index < -0.39 is 10.0 Å². The van der Waals surface area contributed by atoms with Gasteiger partial charge < -0.3 is 15.1 Å². The van der Waals surface area contributed by atoms with Crippen molar-refractivity contribution in [2.75, 3.05) is 21.1 Å². The van der Waals surface area contributed by atoms with E-state index in [-0.39, 0.29) is 28.9 Å². The highest BCUT2D eigenvalue weighted by molar-refractivity contribution is 14.0. The Hall–Kier alpha value is -2.44. The fourth-order valence-corrected chi connectivity index (χ4v) is 3.89. The van der Waals surface area contributed by atoms with E-state index in [0.29, 0.717) is 30.5 Å². The standard InChI is InChI=1S/C21H25N5O3S.HI/c1-22-21(23-13-17-11-7-8-12-19(17)30(27,28)26(2)3)24-14-18-15-29-20(25-18)16-9-5-4-6-10-16;/h4-12,15H,13-14H2,1-3H3,(H2,22,23,24);1H. The number of guanidine groups is 1. The average molecular weight is 555 g/mol. The van der Waals surface area contributed by atoms with Gasteiger partial charge in [-0.15, -0.1) is 24.0 Å². The van der Waals surface area contributed by atoms with E-state index in [1.165, 1.54) is 18.4 Å². The second kappa shape index (κ2) is 11.3. The lowest BCUT2D eigenvalue weighted by molar-refractivity contribution is 0.519. The van der Waals surface area contributed by atoms with Gasteiger partial charge in [0, 0.05) is 33.3 Å². The summed E-state index contributed by atoms with van der Waals surface area (Å²) in [5, 5.41) is 6.30. The predicted molar refractivity (Wildman–Crippen MR) is 132 cm³/mol. The number of hydrogen-bond donors (Lipinski definition) is 2. The lowest BCUT2D eigenvalue weighted by atomic mass is 10.2. The lowest BCUT2D eigenvalue weighted by Gasteiger charge is -2.16. The summed E-state index contributed by atoms with van der Waals surface area (Å²) in [6, 6.07) is 16.6. The highest BCUT2D eigenvalue weighted by Crippen LogP contribution is 2.19. The van der Waals surface area contributed by atoms with Crippen molar-refractivity contribution >= 4 is 40.0 Å². The molecule has 0 bridgehead atoms. The lowest BCUT2D eigenvalue weighted by Crippen LogP contribution is -2.37.